The van der Waals surface area contributed by atoms with Crippen LogP contribution < -0.4 is 5.32 Å². The Labute approximate surface area is 123 Å². The molecule has 4 heteroatoms. The zero-order chi connectivity index (χ0) is 13.8. The van der Waals surface area contributed by atoms with Gasteiger partial charge in [-0.2, -0.15) is 0 Å². The van der Waals surface area contributed by atoms with Crippen molar-refractivity contribution in [3.05, 3.63) is 50.4 Å². The van der Waals surface area contributed by atoms with Gasteiger partial charge in [0.05, 0.1) is 10.7 Å². The number of nitrogens with one attached hydrogen (secondary N) is 1. The molecule has 0 aliphatic heterocycles. The van der Waals surface area contributed by atoms with Gasteiger partial charge in [0.1, 0.15) is 0 Å². The first-order valence-electron chi connectivity index (χ1n) is 6.43. The molecule has 1 atom stereocenters. The highest BCUT2D eigenvalue weighted by atomic mass is 35.5. The lowest BCUT2D eigenvalue weighted by atomic mass is 10.0. The molecule has 0 aliphatic rings. The molecule has 1 N–H and O–H groups in total. The molecule has 2 rings (SSSR count). The van der Waals surface area contributed by atoms with Crippen molar-refractivity contribution in [1.82, 2.24) is 10.3 Å². The van der Waals surface area contributed by atoms with E-state index in [1.807, 2.05) is 25.2 Å². The maximum Gasteiger partial charge on any atom is 0.0946 e. The largest absolute Gasteiger partial charge is 0.316 e. The van der Waals surface area contributed by atoms with E-state index in [-0.39, 0.29) is 0 Å². The van der Waals surface area contributed by atoms with Crippen LogP contribution in [0.3, 0.4) is 0 Å². The van der Waals surface area contributed by atoms with Crippen molar-refractivity contribution < 1.29 is 0 Å². The molecule has 0 spiro atoms. The van der Waals surface area contributed by atoms with Crippen molar-refractivity contribution in [3.8, 4) is 0 Å². The van der Waals surface area contributed by atoms with Crippen LogP contribution in [0.2, 0.25) is 5.02 Å². The van der Waals surface area contributed by atoms with Gasteiger partial charge >= 0.3 is 0 Å². The molecule has 102 valence electrons. The Bertz CT molecular complexity index is 531. The van der Waals surface area contributed by atoms with Crippen molar-refractivity contribution in [2.75, 3.05) is 7.05 Å². The molecular formula is C15H19ClN2S. The Kier molecular flexibility index (Phi) is 4.97. The van der Waals surface area contributed by atoms with Crippen molar-refractivity contribution in [2.45, 2.75) is 32.7 Å². The molecule has 0 aliphatic carbocycles. The quantitative estimate of drug-likeness (QED) is 0.907. The first-order valence-corrected chi connectivity index (χ1v) is 7.62. The molecule has 1 unspecified atom stereocenters. The Morgan fingerprint density at radius 2 is 2.11 bits per heavy atom. The highest BCUT2D eigenvalue weighted by Gasteiger charge is 2.12. The molecule has 0 bridgehead atoms. The van der Waals surface area contributed by atoms with Gasteiger partial charge in [-0.25, -0.2) is 4.98 Å². The predicted molar refractivity (Wildman–Crippen MR) is 83.3 cm³/mol. The Balaban J connectivity index is 2.04. The second-order valence-electron chi connectivity index (χ2n) is 4.77. The van der Waals surface area contributed by atoms with E-state index in [0.717, 1.165) is 23.6 Å². The van der Waals surface area contributed by atoms with Gasteiger partial charge in [-0.15, -0.1) is 11.3 Å². The predicted octanol–water partition coefficient (Wildman–Crippen LogP) is 3.79. The molecule has 2 nitrogen and oxygen atoms in total. The van der Waals surface area contributed by atoms with Gasteiger partial charge < -0.3 is 5.32 Å². The minimum Gasteiger partial charge on any atom is -0.316 e. The number of aromatic nitrogens is 1. The third-order valence-electron chi connectivity index (χ3n) is 3.27. The van der Waals surface area contributed by atoms with E-state index < -0.39 is 0 Å². The third-order valence-corrected chi connectivity index (χ3v) is 4.60. The summed E-state index contributed by atoms with van der Waals surface area (Å²) in [5, 5.41) is 5.38. The van der Waals surface area contributed by atoms with E-state index in [1.165, 1.54) is 15.4 Å². The van der Waals surface area contributed by atoms with Crippen molar-refractivity contribution in [2.24, 2.45) is 0 Å². The summed E-state index contributed by atoms with van der Waals surface area (Å²) in [4.78, 5) is 5.92. The summed E-state index contributed by atoms with van der Waals surface area (Å²) >= 11 is 7.82. The molecule has 1 heterocycles. The highest BCUT2D eigenvalue weighted by molar-refractivity contribution is 7.11. The Hall–Kier alpha value is -0.900. The highest BCUT2D eigenvalue weighted by Crippen LogP contribution is 2.19. The third kappa shape index (κ3) is 4.03. The maximum atomic E-state index is 6.03. The topological polar surface area (TPSA) is 24.9 Å². The summed E-state index contributed by atoms with van der Waals surface area (Å²) in [5.74, 6) is 0. The molecule has 19 heavy (non-hydrogen) atoms. The van der Waals surface area contributed by atoms with E-state index in [9.17, 15) is 0 Å². The molecule has 0 fully saturated rings. The standard InChI is InChI=1S/C15H19ClN2S/c1-10-11(2)19-15(18-10)9-14(17-3)8-12-5-4-6-13(16)7-12/h4-7,14,17H,8-9H2,1-3H3. The summed E-state index contributed by atoms with van der Waals surface area (Å²) in [6.07, 6.45) is 1.93. The fourth-order valence-electron chi connectivity index (χ4n) is 2.06. The van der Waals surface area contributed by atoms with Gasteiger partial charge in [-0.3, -0.25) is 0 Å². The van der Waals surface area contributed by atoms with E-state index >= 15 is 0 Å². The van der Waals surface area contributed by atoms with Crippen LogP contribution in [0.1, 0.15) is 21.1 Å². The number of hydrogen-bond acceptors (Lipinski definition) is 3. The minimum absolute atomic E-state index is 0.392. The SMILES string of the molecule is CNC(Cc1cccc(Cl)c1)Cc1nc(C)c(C)s1. The summed E-state index contributed by atoms with van der Waals surface area (Å²) in [5.41, 5.74) is 2.41. The van der Waals surface area contributed by atoms with Gasteiger partial charge in [0.25, 0.3) is 0 Å². The van der Waals surface area contributed by atoms with Crippen LogP contribution in [0, 0.1) is 13.8 Å². The lowest BCUT2D eigenvalue weighted by Crippen LogP contribution is -2.29. The van der Waals surface area contributed by atoms with Crippen LogP contribution >= 0.6 is 22.9 Å². The lowest BCUT2D eigenvalue weighted by Gasteiger charge is -2.15. The number of benzene rings is 1. The van der Waals surface area contributed by atoms with Crippen LogP contribution in [-0.2, 0) is 12.8 Å². The molecule has 0 radical (unpaired) electrons. The van der Waals surface area contributed by atoms with Crippen LogP contribution in [0.25, 0.3) is 0 Å². The molecule has 1 aromatic carbocycles. The molecule has 0 amide bonds. The van der Waals surface area contributed by atoms with Crippen molar-refractivity contribution in [1.29, 1.82) is 0 Å². The Morgan fingerprint density at radius 1 is 1.32 bits per heavy atom. The van der Waals surface area contributed by atoms with E-state index in [0.29, 0.717) is 6.04 Å². The van der Waals surface area contributed by atoms with E-state index in [1.54, 1.807) is 11.3 Å². The number of halogens is 1. The fourth-order valence-corrected chi connectivity index (χ4v) is 3.29. The first-order chi connectivity index (χ1) is 9.08. The van der Waals surface area contributed by atoms with Crippen molar-refractivity contribution >= 4 is 22.9 Å². The number of rotatable bonds is 5. The monoisotopic (exact) mass is 294 g/mol. The number of aryl methyl sites for hydroxylation is 2. The number of likely N-dealkylation sites (N-methyl/N-ethyl adjacent to an activating group) is 1. The summed E-state index contributed by atoms with van der Waals surface area (Å²) in [6, 6.07) is 8.46. The molecular weight excluding hydrogens is 276 g/mol. The van der Waals surface area contributed by atoms with Gasteiger partial charge in [-0.05, 0) is 45.0 Å². The second kappa shape index (κ2) is 6.51. The zero-order valence-electron chi connectivity index (χ0n) is 11.5. The van der Waals surface area contributed by atoms with Crippen LogP contribution in [0.5, 0.6) is 0 Å². The lowest BCUT2D eigenvalue weighted by molar-refractivity contribution is 0.555. The molecule has 2 aromatic rings. The van der Waals surface area contributed by atoms with Gasteiger partial charge in [0.15, 0.2) is 0 Å². The van der Waals surface area contributed by atoms with Crippen molar-refractivity contribution in [3.63, 3.8) is 0 Å². The normalized spacial score (nSPS) is 12.6. The fraction of sp³-hybridized carbons (Fsp3) is 0.400. The van der Waals surface area contributed by atoms with Crippen LogP contribution in [0.4, 0.5) is 0 Å². The molecule has 0 saturated carbocycles. The minimum atomic E-state index is 0.392. The molecule has 0 saturated heterocycles. The second-order valence-corrected chi connectivity index (χ2v) is 6.50. The number of nitrogens with zero attached hydrogens (tertiary/aromatic N) is 1. The summed E-state index contributed by atoms with van der Waals surface area (Å²) in [6.45, 7) is 4.20. The van der Waals surface area contributed by atoms with Crippen LogP contribution in [0.15, 0.2) is 24.3 Å². The average molecular weight is 295 g/mol. The number of hydrogen-bond donors (Lipinski definition) is 1. The summed E-state index contributed by atoms with van der Waals surface area (Å²) < 4.78 is 0. The van der Waals surface area contributed by atoms with E-state index in [4.69, 9.17) is 11.6 Å². The van der Waals surface area contributed by atoms with Gasteiger partial charge in [-0.1, -0.05) is 23.7 Å². The summed E-state index contributed by atoms with van der Waals surface area (Å²) in [7, 11) is 2.00. The maximum absolute atomic E-state index is 6.03. The zero-order valence-corrected chi connectivity index (χ0v) is 13.1. The van der Waals surface area contributed by atoms with Crippen LogP contribution in [-0.4, -0.2) is 18.1 Å². The smallest absolute Gasteiger partial charge is 0.0946 e. The van der Waals surface area contributed by atoms with Gasteiger partial charge in [0.2, 0.25) is 0 Å². The Morgan fingerprint density at radius 3 is 2.68 bits per heavy atom. The number of thiazole rings is 1. The first kappa shape index (κ1) is 14.5. The van der Waals surface area contributed by atoms with Gasteiger partial charge in [0, 0.05) is 22.4 Å². The van der Waals surface area contributed by atoms with E-state index in [2.05, 4.69) is 30.2 Å². The molecule has 1 aromatic heterocycles. The average Bonchev–Trinajstić information content (AvgIpc) is 2.67.